The first kappa shape index (κ1) is 16.3. The van der Waals surface area contributed by atoms with E-state index >= 15 is 0 Å². The van der Waals surface area contributed by atoms with Gasteiger partial charge in [-0.15, -0.1) is 0 Å². The quantitative estimate of drug-likeness (QED) is 0.827. The lowest BCUT2D eigenvalue weighted by Crippen LogP contribution is -2.35. The molecule has 1 saturated carbocycles. The van der Waals surface area contributed by atoms with Crippen LogP contribution in [0.15, 0.2) is 6.07 Å². The van der Waals surface area contributed by atoms with E-state index in [1.54, 1.807) is 0 Å². The van der Waals surface area contributed by atoms with Crippen LogP contribution < -0.4 is 10.2 Å². The first-order valence-corrected chi connectivity index (χ1v) is 8.35. The fraction of sp³-hybridized carbons (Fsp3) is 0.722. The van der Waals surface area contributed by atoms with Crippen molar-refractivity contribution < 1.29 is 0 Å². The number of rotatable bonds is 7. The lowest BCUT2D eigenvalue weighted by atomic mass is 10.1. The first-order valence-electron chi connectivity index (χ1n) is 8.35. The maximum atomic E-state index is 4.90. The normalized spacial score (nSPS) is 15.0. The summed E-state index contributed by atoms with van der Waals surface area (Å²) in [5.41, 5.74) is 3.84. The van der Waals surface area contributed by atoms with Crippen LogP contribution in [0.5, 0.6) is 0 Å². The molecular formula is C18H31N3. The highest BCUT2D eigenvalue weighted by Crippen LogP contribution is 2.33. The summed E-state index contributed by atoms with van der Waals surface area (Å²) in [5, 5.41) is 3.56. The van der Waals surface area contributed by atoms with Gasteiger partial charge in [0, 0.05) is 36.4 Å². The molecule has 0 atom stereocenters. The number of nitrogens with one attached hydrogen (secondary N) is 1. The number of aryl methyl sites for hydroxylation is 2. The molecule has 0 unspecified atom stereocenters. The fourth-order valence-electron chi connectivity index (χ4n) is 2.73. The van der Waals surface area contributed by atoms with Crippen molar-refractivity contribution in [3.8, 4) is 0 Å². The maximum absolute atomic E-state index is 4.90. The fourth-order valence-corrected chi connectivity index (χ4v) is 2.73. The van der Waals surface area contributed by atoms with Gasteiger partial charge in [-0.05, 0) is 58.1 Å². The van der Waals surface area contributed by atoms with E-state index in [0.29, 0.717) is 12.1 Å². The highest BCUT2D eigenvalue weighted by molar-refractivity contribution is 5.52. The van der Waals surface area contributed by atoms with Crippen molar-refractivity contribution in [3.63, 3.8) is 0 Å². The van der Waals surface area contributed by atoms with Gasteiger partial charge in [0.05, 0.1) is 0 Å². The second-order valence-electron chi connectivity index (χ2n) is 7.11. The molecule has 0 saturated heterocycles. The van der Waals surface area contributed by atoms with Crippen molar-refractivity contribution >= 4 is 5.82 Å². The Balaban J connectivity index is 2.32. The van der Waals surface area contributed by atoms with Gasteiger partial charge < -0.3 is 10.2 Å². The molecule has 1 heterocycles. The summed E-state index contributed by atoms with van der Waals surface area (Å²) in [6.45, 7) is 15.3. The van der Waals surface area contributed by atoms with Gasteiger partial charge in [0.25, 0.3) is 0 Å². The molecule has 21 heavy (non-hydrogen) atoms. The standard InChI is InChI=1S/C18H31N3/c1-12(2)19-10-17-14(5)9-15(6)20-18(17)21(13(3)4)11-16-7-8-16/h9,12-13,16,19H,7-8,10-11H2,1-6H3. The van der Waals surface area contributed by atoms with Crippen molar-refractivity contribution in [3.05, 3.63) is 22.9 Å². The van der Waals surface area contributed by atoms with Crippen LogP contribution in [-0.2, 0) is 6.54 Å². The van der Waals surface area contributed by atoms with Crippen LogP contribution >= 0.6 is 0 Å². The van der Waals surface area contributed by atoms with Crippen molar-refractivity contribution in [2.24, 2.45) is 5.92 Å². The molecule has 1 aromatic heterocycles. The minimum absolute atomic E-state index is 0.495. The van der Waals surface area contributed by atoms with Crippen molar-refractivity contribution in [1.82, 2.24) is 10.3 Å². The molecule has 1 aliphatic rings. The third-order valence-electron chi connectivity index (χ3n) is 4.19. The van der Waals surface area contributed by atoms with E-state index in [1.807, 2.05) is 0 Å². The Morgan fingerprint density at radius 3 is 2.43 bits per heavy atom. The summed E-state index contributed by atoms with van der Waals surface area (Å²) in [4.78, 5) is 7.41. The first-order chi connectivity index (χ1) is 9.88. The average Bonchev–Trinajstić information content (AvgIpc) is 3.17. The van der Waals surface area contributed by atoms with Gasteiger partial charge in [-0.25, -0.2) is 4.98 Å². The second kappa shape index (κ2) is 6.78. The topological polar surface area (TPSA) is 28.2 Å². The summed E-state index contributed by atoms with van der Waals surface area (Å²) in [7, 11) is 0. The molecular weight excluding hydrogens is 258 g/mol. The van der Waals surface area contributed by atoms with Crippen LogP contribution in [0.1, 0.15) is 57.4 Å². The van der Waals surface area contributed by atoms with E-state index in [0.717, 1.165) is 24.7 Å². The van der Waals surface area contributed by atoms with Crippen LogP contribution in [0.3, 0.4) is 0 Å². The molecule has 3 heteroatoms. The Morgan fingerprint density at radius 1 is 1.24 bits per heavy atom. The highest BCUT2D eigenvalue weighted by Gasteiger charge is 2.27. The molecule has 118 valence electrons. The zero-order valence-electron chi connectivity index (χ0n) is 14.5. The smallest absolute Gasteiger partial charge is 0.133 e. The van der Waals surface area contributed by atoms with Crippen LogP contribution in [0.2, 0.25) is 0 Å². The van der Waals surface area contributed by atoms with Crippen molar-refractivity contribution in [2.75, 3.05) is 11.4 Å². The predicted octanol–water partition coefficient (Wildman–Crippen LogP) is 3.82. The molecule has 1 fully saturated rings. The number of aromatic nitrogens is 1. The lowest BCUT2D eigenvalue weighted by Gasteiger charge is -2.31. The third kappa shape index (κ3) is 4.44. The number of nitrogens with zero attached hydrogens (tertiary/aromatic N) is 2. The van der Waals surface area contributed by atoms with Gasteiger partial charge >= 0.3 is 0 Å². The van der Waals surface area contributed by atoms with Gasteiger partial charge in [-0.1, -0.05) is 13.8 Å². The van der Waals surface area contributed by atoms with Crippen LogP contribution in [0, 0.1) is 19.8 Å². The molecule has 1 aliphatic carbocycles. The van der Waals surface area contributed by atoms with Crippen LogP contribution in [0.25, 0.3) is 0 Å². The Morgan fingerprint density at radius 2 is 1.90 bits per heavy atom. The Hall–Kier alpha value is -1.09. The van der Waals surface area contributed by atoms with Crippen LogP contribution in [-0.4, -0.2) is 23.6 Å². The molecule has 0 radical (unpaired) electrons. The van der Waals surface area contributed by atoms with E-state index in [-0.39, 0.29) is 0 Å². The third-order valence-corrected chi connectivity index (χ3v) is 4.19. The zero-order chi connectivity index (χ0) is 15.6. The summed E-state index contributed by atoms with van der Waals surface area (Å²) in [5.74, 6) is 2.07. The van der Waals surface area contributed by atoms with E-state index in [2.05, 4.69) is 57.8 Å². The highest BCUT2D eigenvalue weighted by atomic mass is 15.2. The van der Waals surface area contributed by atoms with E-state index in [4.69, 9.17) is 4.98 Å². The Kier molecular flexibility index (Phi) is 5.26. The van der Waals surface area contributed by atoms with Gasteiger partial charge in [0.15, 0.2) is 0 Å². The molecule has 3 nitrogen and oxygen atoms in total. The Labute approximate surface area is 130 Å². The van der Waals surface area contributed by atoms with Crippen molar-refractivity contribution in [2.45, 2.75) is 73.0 Å². The summed E-state index contributed by atoms with van der Waals surface area (Å²) < 4.78 is 0. The molecule has 0 aromatic carbocycles. The van der Waals surface area contributed by atoms with Gasteiger partial charge in [0.2, 0.25) is 0 Å². The van der Waals surface area contributed by atoms with E-state index < -0.39 is 0 Å². The summed E-state index contributed by atoms with van der Waals surface area (Å²) >= 11 is 0. The molecule has 0 bridgehead atoms. The SMILES string of the molecule is Cc1cc(C)c(CNC(C)C)c(N(CC2CC2)C(C)C)n1. The minimum Gasteiger partial charge on any atom is -0.354 e. The van der Waals surface area contributed by atoms with Crippen molar-refractivity contribution in [1.29, 1.82) is 0 Å². The number of pyridine rings is 1. The predicted molar refractivity (Wildman–Crippen MR) is 90.9 cm³/mol. The number of anilines is 1. The number of hydrogen-bond acceptors (Lipinski definition) is 3. The molecule has 1 aromatic rings. The summed E-state index contributed by atoms with van der Waals surface area (Å²) in [6.07, 6.45) is 2.77. The lowest BCUT2D eigenvalue weighted by molar-refractivity contribution is 0.578. The molecule has 0 amide bonds. The monoisotopic (exact) mass is 289 g/mol. The van der Waals surface area contributed by atoms with E-state index in [9.17, 15) is 0 Å². The van der Waals surface area contributed by atoms with Gasteiger partial charge in [0.1, 0.15) is 5.82 Å². The van der Waals surface area contributed by atoms with E-state index in [1.165, 1.54) is 29.8 Å². The molecule has 0 spiro atoms. The van der Waals surface area contributed by atoms with Gasteiger partial charge in [-0.2, -0.15) is 0 Å². The zero-order valence-corrected chi connectivity index (χ0v) is 14.5. The average molecular weight is 289 g/mol. The molecule has 2 rings (SSSR count). The maximum Gasteiger partial charge on any atom is 0.133 e. The molecule has 1 N–H and O–H groups in total. The Bertz CT molecular complexity index is 476. The molecule has 0 aliphatic heterocycles. The summed E-state index contributed by atoms with van der Waals surface area (Å²) in [6, 6.07) is 3.20. The largest absolute Gasteiger partial charge is 0.354 e. The minimum atomic E-state index is 0.495. The van der Waals surface area contributed by atoms with Crippen LogP contribution in [0.4, 0.5) is 5.82 Å². The van der Waals surface area contributed by atoms with Gasteiger partial charge in [-0.3, -0.25) is 0 Å². The number of hydrogen-bond donors (Lipinski definition) is 1. The second-order valence-corrected chi connectivity index (χ2v) is 7.11.